The minimum absolute atomic E-state index is 0.147. The fourth-order valence-corrected chi connectivity index (χ4v) is 3.42. The minimum Gasteiger partial charge on any atom is -0.494 e. The molecule has 0 spiro atoms. The first-order chi connectivity index (χ1) is 12.5. The highest BCUT2D eigenvalue weighted by Crippen LogP contribution is 2.39. The van der Waals surface area contributed by atoms with E-state index in [1.165, 1.54) is 13.2 Å². The molecule has 1 aliphatic heterocycles. The smallest absolute Gasteiger partial charge is 0.416 e. The summed E-state index contributed by atoms with van der Waals surface area (Å²) in [5, 5.41) is 2.57. The van der Waals surface area contributed by atoms with Crippen LogP contribution in [0.3, 0.4) is 0 Å². The predicted octanol–water partition coefficient (Wildman–Crippen LogP) is 5.33. The number of rotatable bonds is 5. The van der Waals surface area contributed by atoms with E-state index in [-0.39, 0.29) is 5.75 Å². The normalized spacial score (nSPS) is 14.0. The maximum Gasteiger partial charge on any atom is 0.416 e. The molecular weight excluding hydrogens is 361 g/mol. The van der Waals surface area contributed by atoms with Crippen LogP contribution in [0.4, 0.5) is 18.9 Å². The van der Waals surface area contributed by atoms with Gasteiger partial charge in [0.25, 0.3) is 0 Å². The van der Waals surface area contributed by atoms with Crippen LogP contribution in [0.2, 0.25) is 0 Å². The number of halogens is 3. The molecule has 0 aliphatic carbocycles. The highest BCUT2D eigenvalue weighted by Gasteiger charge is 2.32. The van der Waals surface area contributed by atoms with Gasteiger partial charge in [0.1, 0.15) is 11.4 Å². The van der Waals surface area contributed by atoms with Crippen LogP contribution in [0.25, 0.3) is 0 Å². The van der Waals surface area contributed by atoms with Crippen molar-refractivity contribution >= 4 is 17.4 Å². The van der Waals surface area contributed by atoms with E-state index in [0.717, 1.165) is 28.5 Å². The summed E-state index contributed by atoms with van der Waals surface area (Å²) >= 11 is 1.58. The average molecular weight is 378 g/mol. The number of benzene rings is 2. The molecule has 1 heterocycles. The molecule has 0 bridgehead atoms. The molecule has 26 heavy (non-hydrogen) atoms. The number of ether oxygens (including phenoxy) is 1. The molecule has 0 saturated heterocycles. The molecule has 3 rings (SSSR count). The second-order valence-electron chi connectivity index (χ2n) is 5.49. The monoisotopic (exact) mass is 378 g/mol. The molecule has 7 heteroatoms. The number of nitrogens with zero attached hydrogens (tertiary/aromatic N) is 1. The van der Waals surface area contributed by atoms with Gasteiger partial charge in [0.05, 0.1) is 17.7 Å². The van der Waals surface area contributed by atoms with Crippen molar-refractivity contribution in [2.24, 2.45) is 0 Å². The van der Waals surface area contributed by atoms with Crippen LogP contribution < -0.4 is 15.2 Å². The topological polar surface area (TPSA) is 24.5 Å². The molecule has 1 N–H and O–H groups in total. The number of hydrogen-bond acceptors (Lipinski definition) is 4. The Morgan fingerprint density at radius 3 is 2.58 bits per heavy atom. The standard InChI is InChI=1S/C19H17F3N2OS/c1-25-17-12-15(19(20,21)22)9-10-16(17)24-18(8-5-11-23-24)26-13-14-6-3-2-4-7-14/h2-12,23H,13H2,1H3. The average Bonchev–Trinajstić information content (AvgIpc) is 2.66. The number of thioether (sulfide) groups is 1. The Kier molecular flexibility index (Phi) is 5.46. The van der Waals surface area contributed by atoms with Crippen molar-refractivity contribution in [3.63, 3.8) is 0 Å². The van der Waals surface area contributed by atoms with Crippen LogP contribution in [-0.2, 0) is 11.9 Å². The Balaban J connectivity index is 1.84. The first kappa shape index (κ1) is 18.3. The number of hydrazine groups is 1. The zero-order valence-corrected chi connectivity index (χ0v) is 14.8. The van der Waals surface area contributed by atoms with Crippen LogP contribution >= 0.6 is 11.8 Å². The van der Waals surface area contributed by atoms with E-state index in [1.54, 1.807) is 23.0 Å². The summed E-state index contributed by atoms with van der Waals surface area (Å²) in [6.45, 7) is 0. The zero-order chi connectivity index (χ0) is 18.6. The lowest BCUT2D eigenvalue weighted by Crippen LogP contribution is -2.34. The number of hydrogen-bond donors (Lipinski definition) is 1. The van der Waals surface area contributed by atoms with Crippen LogP contribution in [-0.4, -0.2) is 7.11 Å². The summed E-state index contributed by atoms with van der Waals surface area (Å²) < 4.78 is 44.1. The van der Waals surface area contributed by atoms with Crippen LogP contribution in [0, 0.1) is 0 Å². The molecule has 0 amide bonds. The van der Waals surface area contributed by atoms with Crippen molar-refractivity contribution in [3.05, 3.63) is 83.0 Å². The molecular formula is C19H17F3N2OS. The second-order valence-corrected chi connectivity index (χ2v) is 6.48. The predicted molar refractivity (Wildman–Crippen MR) is 98.6 cm³/mol. The molecule has 136 valence electrons. The summed E-state index contributed by atoms with van der Waals surface area (Å²) in [7, 11) is 1.36. The Hall–Kier alpha value is -2.54. The summed E-state index contributed by atoms with van der Waals surface area (Å²) in [6.07, 6.45) is 1.05. The minimum atomic E-state index is -4.41. The van der Waals surface area contributed by atoms with E-state index < -0.39 is 11.7 Å². The van der Waals surface area contributed by atoms with Gasteiger partial charge in [0, 0.05) is 12.0 Å². The number of anilines is 1. The van der Waals surface area contributed by atoms with Crippen molar-refractivity contribution in [2.45, 2.75) is 11.9 Å². The van der Waals surface area contributed by atoms with Crippen molar-refractivity contribution in [3.8, 4) is 5.75 Å². The first-order valence-electron chi connectivity index (χ1n) is 7.84. The van der Waals surface area contributed by atoms with Gasteiger partial charge in [-0.15, -0.1) is 11.8 Å². The maximum atomic E-state index is 13.0. The molecule has 2 aromatic rings. The molecule has 1 aliphatic rings. The van der Waals surface area contributed by atoms with Crippen molar-refractivity contribution in [1.29, 1.82) is 0 Å². The highest BCUT2D eigenvalue weighted by atomic mass is 32.2. The quantitative estimate of drug-likeness (QED) is 0.760. The fourth-order valence-electron chi connectivity index (χ4n) is 2.46. The SMILES string of the molecule is COc1cc(C(F)(F)F)ccc1N1NC=CC=C1SCc1ccccc1. The largest absolute Gasteiger partial charge is 0.494 e. The molecule has 0 aromatic heterocycles. The van der Waals surface area contributed by atoms with E-state index in [1.807, 2.05) is 42.5 Å². The van der Waals surface area contributed by atoms with Crippen molar-refractivity contribution in [1.82, 2.24) is 5.43 Å². The van der Waals surface area contributed by atoms with E-state index in [9.17, 15) is 13.2 Å². The Bertz CT molecular complexity index is 819. The number of allylic oxidation sites excluding steroid dienone is 2. The Morgan fingerprint density at radius 2 is 1.88 bits per heavy atom. The molecule has 0 radical (unpaired) electrons. The number of alkyl halides is 3. The zero-order valence-electron chi connectivity index (χ0n) is 14.0. The fraction of sp³-hybridized carbons (Fsp3) is 0.158. The molecule has 0 unspecified atom stereocenters. The van der Waals surface area contributed by atoms with Gasteiger partial charge in [-0.05, 0) is 35.9 Å². The van der Waals surface area contributed by atoms with E-state index in [2.05, 4.69) is 5.43 Å². The number of methoxy groups -OCH3 is 1. The Morgan fingerprint density at radius 1 is 1.12 bits per heavy atom. The van der Waals surface area contributed by atoms with Gasteiger partial charge in [-0.1, -0.05) is 30.3 Å². The Labute approximate surface area is 154 Å². The van der Waals surface area contributed by atoms with Gasteiger partial charge >= 0.3 is 6.18 Å². The van der Waals surface area contributed by atoms with Gasteiger partial charge in [0.2, 0.25) is 0 Å². The van der Waals surface area contributed by atoms with Crippen LogP contribution in [0.1, 0.15) is 11.1 Å². The molecule has 0 saturated carbocycles. The van der Waals surface area contributed by atoms with E-state index in [0.29, 0.717) is 5.69 Å². The lowest BCUT2D eigenvalue weighted by atomic mass is 10.1. The first-order valence-corrected chi connectivity index (χ1v) is 8.82. The molecule has 3 nitrogen and oxygen atoms in total. The third kappa shape index (κ3) is 4.16. The highest BCUT2D eigenvalue weighted by molar-refractivity contribution is 8.02. The lowest BCUT2D eigenvalue weighted by Gasteiger charge is -2.30. The van der Waals surface area contributed by atoms with Gasteiger partial charge < -0.3 is 10.2 Å². The van der Waals surface area contributed by atoms with Crippen LogP contribution in [0.5, 0.6) is 5.75 Å². The van der Waals surface area contributed by atoms with Gasteiger partial charge in [0.15, 0.2) is 0 Å². The van der Waals surface area contributed by atoms with Gasteiger partial charge in [-0.3, -0.25) is 0 Å². The van der Waals surface area contributed by atoms with Crippen molar-refractivity contribution in [2.75, 3.05) is 12.1 Å². The second kappa shape index (κ2) is 7.78. The summed E-state index contributed by atoms with van der Waals surface area (Å²) in [5.41, 5.74) is 3.98. The molecule has 0 atom stereocenters. The van der Waals surface area contributed by atoms with Gasteiger partial charge in [-0.2, -0.15) is 13.2 Å². The third-order valence-corrected chi connectivity index (χ3v) is 4.83. The van der Waals surface area contributed by atoms with E-state index >= 15 is 0 Å². The lowest BCUT2D eigenvalue weighted by molar-refractivity contribution is -0.137. The summed E-state index contributed by atoms with van der Waals surface area (Å²) in [4.78, 5) is 0. The maximum absolute atomic E-state index is 13.0. The summed E-state index contributed by atoms with van der Waals surface area (Å²) in [5.74, 6) is 0.885. The van der Waals surface area contributed by atoms with Crippen LogP contribution in [0.15, 0.2) is 71.9 Å². The third-order valence-electron chi connectivity index (χ3n) is 3.74. The van der Waals surface area contributed by atoms with Crippen molar-refractivity contribution < 1.29 is 17.9 Å². The summed E-state index contributed by atoms with van der Waals surface area (Å²) in [6, 6.07) is 13.4. The molecule has 2 aromatic carbocycles. The van der Waals surface area contributed by atoms with E-state index in [4.69, 9.17) is 4.74 Å². The number of nitrogens with one attached hydrogen (secondary N) is 1. The van der Waals surface area contributed by atoms with Gasteiger partial charge in [-0.25, -0.2) is 5.01 Å². The molecule has 0 fully saturated rings.